The van der Waals surface area contributed by atoms with Crippen LogP contribution in [0.15, 0.2) is 30.3 Å². The summed E-state index contributed by atoms with van der Waals surface area (Å²) in [6.07, 6.45) is 4.62. The number of nitrogens with one attached hydrogen (secondary N) is 1. The highest BCUT2D eigenvalue weighted by Crippen LogP contribution is 2.15. The molecule has 0 bridgehead atoms. The molecule has 96 valence electrons. The average molecular weight is 235 g/mol. The number of rotatable bonds is 8. The maximum Gasteiger partial charge on any atom is 0.0940 e. The van der Waals surface area contributed by atoms with Gasteiger partial charge in [0.25, 0.3) is 0 Å². The molecule has 0 saturated heterocycles. The van der Waals surface area contributed by atoms with Crippen molar-refractivity contribution in [1.82, 2.24) is 5.32 Å². The van der Waals surface area contributed by atoms with Gasteiger partial charge in [-0.1, -0.05) is 56.5 Å². The fourth-order valence-corrected chi connectivity index (χ4v) is 1.93. The summed E-state index contributed by atoms with van der Waals surface area (Å²) >= 11 is 0. The smallest absolute Gasteiger partial charge is 0.0940 e. The maximum absolute atomic E-state index is 10.1. The first kappa shape index (κ1) is 14.2. The second-order valence-electron chi connectivity index (χ2n) is 4.66. The molecule has 1 aromatic carbocycles. The Bertz CT molecular complexity index is 286. The van der Waals surface area contributed by atoms with Gasteiger partial charge in [0.15, 0.2) is 0 Å². The Morgan fingerprint density at radius 2 is 1.82 bits per heavy atom. The van der Waals surface area contributed by atoms with Crippen molar-refractivity contribution >= 4 is 0 Å². The fraction of sp³-hybridized carbons (Fsp3) is 0.600. The number of hydrogen-bond donors (Lipinski definition) is 2. The molecule has 0 heterocycles. The van der Waals surface area contributed by atoms with Crippen LogP contribution in [0.25, 0.3) is 0 Å². The van der Waals surface area contributed by atoms with Gasteiger partial charge in [0, 0.05) is 6.04 Å². The summed E-state index contributed by atoms with van der Waals surface area (Å²) in [5, 5.41) is 13.5. The molecular weight excluding hydrogens is 210 g/mol. The molecule has 0 spiro atoms. The summed E-state index contributed by atoms with van der Waals surface area (Å²) in [5.41, 5.74) is 0.987. The molecule has 2 nitrogen and oxygen atoms in total. The molecule has 1 rings (SSSR count). The van der Waals surface area contributed by atoms with E-state index in [2.05, 4.69) is 12.2 Å². The Morgan fingerprint density at radius 3 is 2.47 bits per heavy atom. The Hall–Kier alpha value is -0.860. The Morgan fingerprint density at radius 1 is 1.12 bits per heavy atom. The standard InChI is InChI=1S/C15H25NO/c1-3-4-5-9-12-16-13(2)15(17)14-10-7-6-8-11-14/h6-8,10-11,13,15-17H,3-5,9,12H2,1-2H3. The minimum atomic E-state index is -0.414. The summed E-state index contributed by atoms with van der Waals surface area (Å²) < 4.78 is 0. The van der Waals surface area contributed by atoms with Crippen molar-refractivity contribution in [2.75, 3.05) is 6.54 Å². The molecule has 0 aliphatic heterocycles. The predicted molar refractivity (Wildman–Crippen MR) is 73.0 cm³/mol. The van der Waals surface area contributed by atoms with Gasteiger partial charge in [0.05, 0.1) is 6.10 Å². The lowest BCUT2D eigenvalue weighted by atomic mass is 10.0. The quantitative estimate of drug-likeness (QED) is 0.678. The van der Waals surface area contributed by atoms with Crippen LogP contribution in [0.5, 0.6) is 0 Å². The Labute approximate surface area is 105 Å². The third-order valence-corrected chi connectivity index (χ3v) is 3.11. The molecule has 2 unspecified atom stereocenters. The number of unbranched alkanes of at least 4 members (excludes halogenated alkanes) is 3. The minimum absolute atomic E-state index is 0.110. The SMILES string of the molecule is CCCCCCNC(C)C(O)c1ccccc1. The van der Waals surface area contributed by atoms with Crippen molar-refractivity contribution in [3.8, 4) is 0 Å². The van der Waals surface area contributed by atoms with E-state index in [1.54, 1.807) is 0 Å². The summed E-state index contributed by atoms with van der Waals surface area (Å²) in [6.45, 7) is 5.25. The van der Waals surface area contributed by atoms with Gasteiger partial charge < -0.3 is 10.4 Å². The van der Waals surface area contributed by atoms with Crippen molar-refractivity contribution in [3.05, 3.63) is 35.9 Å². The Kier molecular flexibility index (Phi) is 6.90. The van der Waals surface area contributed by atoms with Gasteiger partial charge in [-0.3, -0.25) is 0 Å². The zero-order valence-corrected chi connectivity index (χ0v) is 11.0. The first-order chi connectivity index (χ1) is 8.25. The molecule has 0 radical (unpaired) electrons. The topological polar surface area (TPSA) is 32.3 Å². The van der Waals surface area contributed by atoms with Crippen LogP contribution in [0, 0.1) is 0 Å². The van der Waals surface area contributed by atoms with Crippen LogP contribution >= 0.6 is 0 Å². The Balaban J connectivity index is 2.25. The van der Waals surface area contributed by atoms with E-state index in [1.807, 2.05) is 37.3 Å². The lowest BCUT2D eigenvalue weighted by molar-refractivity contribution is 0.136. The van der Waals surface area contributed by atoms with E-state index in [0.717, 1.165) is 12.1 Å². The first-order valence-corrected chi connectivity index (χ1v) is 6.72. The summed E-state index contributed by atoms with van der Waals surface area (Å²) in [4.78, 5) is 0. The second-order valence-corrected chi connectivity index (χ2v) is 4.66. The summed E-state index contributed by atoms with van der Waals surface area (Å²) in [7, 11) is 0. The number of aliphatic hydroxyl groups excluding tert-OH is 1. The van der Waals surface area contributed by atoms with Crippen LogP contribution < -0.4 is 5.32 Å². The third-order valence-electron chi connectivity index (χ3n) is 3.11. The van der Waals surface area contributed by atoms with Crippen LogP contribution in [0.1, 0.15) is 51.2 Å². The van der Waals surface area contributed by atoms with Crippen molar-refractivity contribution in [3.63, 3.8) is 0 Å². The van der Waals surface area contributed by atoms with E-state index in [0.29, 0.717) is 0 Å². The van der Waals surface area contributed by atoms with E-state index in [4.69, 9.17) is 0 Å². The van der Waals surface area contributed by atoms with Crippen LogP contribution in [0.2, 0.25) is 0 Å². The zero-order valence-electron chi connectivity index (χ0n) is 11.0. The van der Waals surface area contributed by atoms with Crippen molar-refractivity contribution in [2.45, 2.75) is 51.7 Å². The van der Waals surface area contributed by atoms with Crippen LogP contribution in [-0.2, 0) is 0 Å². The molecule has 0 aliphatic rings. The third kappa shape index (κ3) is 5.33. The van der Waals surface area contributed by atoms with E-state index in [1.165, 1.54) is 25.7 Å². The van der Waals surface area contributed by atoms with Gasteiger partial charge in [-0.15, -0.1) is 0 Å². The van der Waals surface area contributed by atoms with Gasteiger partial charge >= 0.3 is 0 Å². The predicted octanol–water partition coefficient (Wildman–Crippen LogP) is 3.28. The molecule has 0 saturated carbocycles. The molecule has 0 aliphatic carbocycles. The van der Waals surface area contributed by atoms with Gasteiger partial charge in [0.1, 0.15) is 0 Å². The maximum atomic E-state index is 10.1. The monoisotopic (exact) mass is 235 g/mol. The van der Waals surface area contributed by atoms with Crippen molar-refractivity contribution in [1.29, 1.82) is 0 Å². The molecule has 0 amide bonds. The highest BCUT2D eigenvalue weighted by Gasteiger charge is 2.14. The number of benzene rings is 1. The molecule has 17 heavy (non-hydrogen) atoms. The van der Waals surface area contributed by atoms with Crippen molar-refractivity contribution < 1.29 is 5.11 Å². The molecule has 2 heteroatoms. The number of aliphatic hydroxyl groups is 1. The van der Waals surface area contributed by atoms with Crippen molar-refractivity contribution in [2.24, 2.45) is 0 Å². The second kappa shape index (κ2) is 8.26. The summed E-state index contributed by atoms with van der Waals surface area (Å²) in [5.74, 6) is 0. The highest BCUT2D eigenvalue weighted by atomic mass is 16.3. The van der Waals surface area contributed by atoms with Crippen LogP contribution in [-0.4, -0.2) is 17.7 Å². The van der Waals surface area contributed by atoms with Gasteiger partial charge in [-0.25, -0.2) is 0 Å². The molecule has 1 aromatic rings. The minimum Gasteiger partial charge on any atom is -0.387 e. The lowest BCUT2D eigenvalue weighted by Crippen LogP contribution is -2.32. The molecule has 0 aromatic heterocycles. The van der Waals surface area contributed by atoms with Gasteiger partial charge in [0.2, 0.25) is 0 Å². The molecular formula is C15H25NO. The molecule has 2 N–H and O–H groups in total. The normalized spacial score (nSPS) is 14.5. The fourth-order valence-electron chi connectivity index (χ4n) is 1.93. The van der Waals surface area contributed by atoms with E-state index < -0.39 is 6.10 Å². The van der Waals surface area contributed by atoms with Gasteiger partial charge in [-0.05, 0) is 25.5 Å². The largest absolute Gasteiger partial charge is 0.387 e. The van der Waals surface area contributed by atoms with Gasteiger partial charge in [-0.2, -0.15) is 0 Å². The van der Waals surface area contributed by atoms with Crippen LogP contribution in [0.3, 0.4) is 0 Å². The zero-order chi connectivity index (χ0) is 12.5. The average Bonchev–Trinajstić information content (AvgIpc) is 2.38. The number of hydrogen-bond acceptors (Lipinski definition) is 2. The summed E-state index contributed by atoms with van der Waals surface area (Å²) in [6, 6.07) is 9.96. The van der Waals surface area contributed by atoms with E-state index in [9.17, 15) is 5.11 Å². The first-order valence-electron chi connectivity index (χ1n) is 6.72. The highest BCUT2D eigenvalue weighted by molar-refractivity contribution is 5.18. The molecule has 0 fully saturated rings. The molecule has 2 atom stereocenters. The van der Waals surface area contributed by atoms with E-state index >= 15 is 0 Å². The van der Waals surface area contributed by atoms with E-state index in [-0.39, 0.29) is 6.04 Å². The lowest BCUT2D eigenvalue weighted by Gasteiger charge is -2.20. The van der Waals surface area contributed by atoms with Crippen LogP contribution in [0.4, 0.5) is 0 Å².